The van der Waals surface area contributed by atoms with Gasteiger partial charge in [0.1, 0.15) is 5.82 Å². The highest BCUT2D eigenvalue weighted by molar-refractivity contribution is 5.86. The molecule has 1 fully saturated rings. The fraction of sp³-hybridized carbons (Fsp3) is 0.556. The zero-order valence-electron chi connectivity index (χ0n) is 14.9. The van der Waals surface area contributed by atoms with Crippen LogP contribution in [0.1, 0.15) is 57.3 Å². The number of nitrogens with zero attached hydrogens (tertiary/aromatic N) is 3. The maximum absolute atomic E-state index is 13.1. The Bertz CT molecular complexity index is 742. The smallest absolute Gasteiger partial charge is 0.244 e. The van der Waals surface area contributed by atoms with Crippen molar-refractivity contribution in [2.75, 3.05) is 6.54 Å². The Morgan fingerprint density at radius 2 is 2.35 bits per heavy atom. The SMILES string of the molecule is CCCCC(CC(=O)NO)C(=O)N1CCCC1c1nc2ccncc2[nH]1. The number of nitrogens with one attached hydrogen (secondary N) is 2. The van der Waals surface area contributed by atoms with E-state index in [0.717, 1.165) is 42.5 Å². The fourth-order valence-corrected chi connectivity index (χ4v) is 3.62. The standard InChI is InChI=1S/C18H25N5O3/c1-2-3-5-12(10-16(24)22-26)18(25)23-9-4-6-15(23)17-20-13-7-8-19-11-14(13)21-17/h7-8,11-12,15,26H,2-6,9-10H2,1H3,(H,20,21)(H,22,24). The minimum absolute atomic E-state index is 0.00258. The third-order valence-corrected chi connectivity index (χ3v) is 4.97. The van der Waals surface area contributed by atoms with Crippen LogP contribution in [0.4, 0.5) is 0 Å². The highest BCUT2D eigenvalue weighted by Gasteiger charge is 2.36. The number of hydrogen-bond donors (Lipinski definition) is 3. The van der Waals surface area contributed by atoms with Gasteiger partial charge >= 0.3 is 0 Å². The number of hydroxylamine groups is 1. The molecule has 3 heterocycles. The Labute approximate surface area is 152 Å². The maximum Gasteiger partial charge on any atom is 0.244 e. The summed E-state index contributed by atoms with van der Waals surface area (Å²) in [4.78, 5) is 38.5. The first-order valence-corrected chi connectivity index (χ1v) is 9.17. The van der Waals surface area contributed by atoms with Crippen LogP contribution in [0.3, 0.4) is 0 Å². The number of likely N-dealkylation sites (tertiary alicyclic amines) is 1. The van der Waals surface area contributed by atoms with Crippen LogP contribution in [-0.2, 0) is 9.59 Å². The third kappa shape index (κ3) is 3.85. The summed E-state index contributed by atoms with van der Waals surface area (Å²) in [6.45, 7) is 2.71. The number of fused-ring (bicyclic) bond motifs is 1. The first-order valence-electron chi connectivity index (χ1n) is 9.17. The first-order chi connectivity index (χ1) is 12.6. The van der Waals surface area contributed by atoms with Crippen molar-refractivity contribution in [3.63, 3.8) is 0 Å². The molecule has 8 nitrogen and oxygen atoms in total. The summed E-state index contributed by atoms with van der Waals surface area (Å²) in [6, 6.07) is 1.72. The molecule has 1 aliphatic rings. The monoisotopic (exact) mass is 359 g/mol. The van der Waals surface area contributed by atoms with Gasteiger partial charge in [-0.05, 0) is 25.3 Å². The molecular formula is C18H25N5O3. The summed E-state index contributed by atoms with van der Waals surface area (Å²) in [7, 11) is 0. The Hall–Kier alpha value is -2.48. The summed E-state index contributed by atoms with van der Waals surface area (Å²) >= 11 is 0. The molecule has 0 aromatic carbocycles. The molecule has 2 aromatic heterocycles. The summed E-state index contributed by atoms with van der Waals surface area (Å²) < 4.78 is 0. The second-order valence-corrected chi connectivity index (χ2v) is 6.78. The third-order valence-electron chi connectivity index (χ3n) is 4.97. The van der Waals surface area contributed by atoms with Gasteiger partial charge in [-0.25, -0.2) is 10.5 Å². The predicted octanol–water partition coefficient (Wildman–Crippen LogP) is 2.32. The van der Waals surface area contributed by atoms with E-state index < -0.39 is 11.8 Å². The molecule has 2 unspecified atom stereocenters. The molecule has 2 amide bonds. The first kappa shape index (κ1) is 18.3. The predicted molar refractivity (Wildman–Crippen MR) is 95.1 cm³/mol. The average Bonchev–Trinajstić information content (AvgIpc) is 3.30. The number of carbonyl (C=O) groups excluding carboxylic acids is 2. The summed E-state index contributed by atoms with van der Waals surface area (Å²) in [5.74, 6) is -0.221. The molecule has 0 aliphatic carbocycles. The van der Waals surface area contributed by atoms with Crippen molar-refractivity contribution >= 4 is 22.8 Å². The van der Waals surface area contributed by atoms with Gasteiger partial charge in [-0.2, -0.15) is 0 Å². The summed E-state index contributed by atoms with van der Waals surface area (Å²) in [5.41, 5.74) is 3.32. The van der Waals surface area contributed by atoms with Crippen LogP contribution in [0.5, 0.6) is 0 Å². The van der Waals surface area contributed by atoms with Crippen molar-refractivity contribution in [2.45, 2.75) is 51.5 Å². The maximum atomic E-state index is 13.1. The van der Waals surface area contributed by atoms with Gasteiger partial charge in [-0.1, -0.05) is 19.8 Å². The van der Waals surface area contributed by atoms with E-state index in [2.05, 4.69) is 21.9 Å². The van der Waals surface area contributed by atoms with Crippen molar-refractivity contribution in [2.24, 2.45) is 5.92 Å². The molecule has 0 bridgehead atoms. The van der Waals surface area contributed by atoms with Crippen molar-refractivity contribution in [3.8, 4) is 0 Å². The molecule has 0 saturated carbocycles. The highest BCUT2D eigenvalue weighted by atomic mass is 16.5. The zero-order chi connectivity index (χ0) is 18.5. The molecule has 1 aliphatic heterocycles. The molecule has 1 saturated heterocycles. The number of carbonyl (C=O) groups is 2. The lowest BCUT2D eigenvalue weighted by molar-refractivity contribution is -0.141. The quantitative estimate of drug-likeness (QED) is 0.519. The Morgan fingerprint density at radius 3 is 3.08 bits per heavy atom. The van der Waals surface area contributed by atoms with E-state index in [1.165, 1.54) is 0 Å². The lowest BCUT2D eigenvalue weighted by atomic mass is 9.96. The van der Waals surface area contributed by atoms with Crippen molar-refractivity contribution in [1.82, 2.24) is 25.3 Å². The van der Waals surface area contributed by atoms with Gasteiger partial charge in [0.25, 0.3) is 0 Å². The minimum Gasteiger partial charge on any atom is -0.339 e. The Morgan fingerprint density at radius 1 is 1.50 bits per heavy atom. The number of imidazole rings is 1. The number of rotatable bonds is 7. The summed E-state index contributed by atoms with van der Waals surface area (Å²) in [6.07, 6.45) is 7.61. The molecule has 0 spiro atoms. The van der Waals surface area contributed by atoms with E-state index in [1.54, 1.807) is 17.9 Å². The molecule has 8 heteroatoms. The second kappa shape index (κ2) is 8.27. The topological polar surface area (TPSA) is 111 Å². The number of H-pyrrole nitrogens is 1. The molecule has 26 heavy (non-hydrogen) atoms. The molecule has 3 N–H and O–H groups in total. The van der Waals surface area contributed by atoms with E-state index in [4.69, 9.17) is 5.21 Å². The second-order valence-electron chi connectivity index (χ2n) is 6.78. The molecule has 3 rings (SSSR count). The molecule has 2 atom stereocenters. The van der Waals surface area contributed by atoms with Crippen molar-refractivity contribution in [3.05, 3.63) is 24.3 Å². The average molecular weight is 359 g/mol. The Balaban J connectivity index is 1.80. The molecular weight excluding hydrogens is 334 g/mol. The molecule has 2 aromatic rings. The van der Waals surface area contributed by atoms with Crippen LogP contribution in [0, 0.1) is 5.92 Å². The zero-order valence-corrected chi connectivity index (χ0v) is 14.9. The van der Waals surface area contributed by atoms with Gasteiger partial charge in [0, 0.05) is 25.1 Å². The van der Waals surface area contributed by atoms with Crippen LogP contribution in [0.2, 0.25) is 0 Å². The van der Waals surface area contributed by atoms with Crippen LogP contribution >= 0.6 is 0 Å². The molecule has 140 valence electrons. The van der Waals surface area contributed by atoms with Gasteiger partial charge in [0.2, 0.25) is 11.8 Å². The van der Waals surface area contributed by atoms with Gasteiger partial charge in [0.05, 0.1) is 23.3 Å². The summed E-state index contributed by atoms with van der Waals surface area (Å²) in [5, 5.41) is 8.82. The van der Waals surface area contributed by atoms with Gasteiger partial charge in [-0.15, -0.1) is 0 Å². The minimum atomic E-state index is -0.523. The van der Waals surface area contributed by atoms with Crippen LogP contribution in [0.25, 0.3) is 11.0 Å². The van der Waals surface area contributed by atoms with E-state index >= 15 is 0 Å². The number of hydrogen-bond acceptors (Lipinski definition) is 5. The number of aromatic amines is 1. The van der Waals surface area contributed by atoms with E-state index in [1.807, 2.05) is 11.0 Å². The highest BCUT2D eigenvalue weighted by Crippen LogP contribution is 2.33. The number of aromatic nitrogens is 3. The normalized spacial score (nSPS) is 18.2. The largest absolute Gasteiger partial charge is 0.339 e. The van der Waals surface area contributed by atoms with Crippen LogP contribution in [0.15, 0.2) is 18.5 Å². The van der Waals surface area contributed by atoms with Crippen LogP contribution < -0.4 is 5.48 Å². The van der Waals surface area contributed by atoms with E-state index in [-0.39, 0.29) is 18.4 Å². The lowest BCUT2D eigenvalue weighted by Gasteiger charge is -2.27. The van der Waals surface area contributed by atoms with Gasteiger partial charge in [0.15, 0.2) is 0 Å². The lowest BCUT2D eigenvalue weighted by Crippen LogP contribution is -2.38. The van der Waals surface area contributed by atoms with Crippen molar-refractivity contribution in [1.29, 1.82) is 0 Å². The Kier molecular flexibility index (Phi) is 5.82. The van der Waals surface area contributed by atoms with Crippen LogP contribution in [-0.4, -0.2) is 43.4 Å². The number of unbranched alkanes of at least 4 members (excludes halogenated alkanes) is 1. The molecule has 0 radical (unpaired) electrons. The van der Waals surface area contributed by atoms with E-state index in [0.29, 0.717) is 13.0 Å². The number of amides is 2. The van der Waals surface area contributed by atoms with E-state index in [9.17, 15) is 9.59 Å². The number of pyridine rings is 1. The van der Waals surface area contributed by atoms with Gasteiger partial charge < -0.3 is 9.88 Å². The fourth-order valence-electron chi connectivity index (χ4n) is 3.62. The van der Waals surface area contributed by atoms with Crippen molar-refractivity contribution < 1.29 is 14.8 Å². The van der Waals surface area contributed by atoms with Gasteiger partial charge in [-0.3, -0.25) is 19.8 Å².